The first-order valence-electron chi connectivity index (χ1n) is 5.15. The SMILES string of the molecule is O=C(O)C=Cc1ccsc1Cn1cccnc1=O. The molecule has 0 radical (unpaired) electrons. The second-order valence-electron chi connectivity index (χ2n) is 3.50. The van der Waals surface area contributed by atoms with Crippen molar-refractivity contribution in [3.8, 4) is 0 Å². The van der Waals surface area contributed by atoms with Gasteiger partial charge in [-0.1, -0.05) is 0 Å². The quantitative estimate of drug-likeness (QED) is 0.846. The molecule has 5 nitrogen and oxygen atoms in total. The molecule has 2 heterocycles. The maximum absolute atomic E-state index is 11.5. The second-order valence-corrected chi connectivity index (χ2v) is 4.50. The molecule has 2 aromatic heterocycles. The fourth-order valence-corrected chi connectivity index (χ4v) is 2.32. The molecule has 0 unspecified atom stereocenters. The van der Waals surface area contributed by atoms with Crippen molar-refractivity contribution in [2.75, 3.05) is 0 Å². The summed E-state index contributed by atoms with van der Waals surface area (Å²) < 4.78 is 1.48. The minimum atomic E-state index is -0.995. The number of carboxylic acid groups (broad SMARTS) is 1. The van der Waals surface area contributed by atoms with Crippen LogP contribution in [0, 0.1) is 0 Å². The summed E-state index contributed by atoms with van der Waals surface area (Å²) in [7, 11) is 0. The summed E-state index contributed by atoms with van der Waals surface area (Å²) in [4.78, 5) is 26.5. The zero-order valence-corrected chi connectivity index (χ0v) is 10.1. The Labute approximate surface area is 107 Å². The number of aliphatic carboxylic acids is 1. The van der Waals surface area contributed by atoms with Crippen molar-refractivity contribution in [2.45, 2.75) is 6.54 Å². The van der Waals surface area contributed by atoms with Crippen molar-refractivity contribution < 1.29 is 9.90 Å². The predicted molar refractivity (Wildman–Crippen MR) is 68.6 cm³/mol. The van der Waals surface area contributed by atoms with Crippen LogP contribution >= 0.6 is 11.3 Å². The fraction of sp³-hybridized carbons (Fsp3) is 0.0833. The van der Waals surface area contributed by atoms with Gasteiger partial charge in [0.25, 0.3) is 0 Å². The third kappa shape index (κ3) is 2.92. The zero-order valence-electron chi connectivity index (χ0n) is 9.31. The molecule has 0 aromatic carbocycles. The second kappa shape index (κ2) is 5.42. The van der Waals surface area contributed by atoms with E-state index in [1.54, 1.807) is 12.3 Å². The number of carbonyl (C=O) groups is 1. The van der Waals surface area contributed by atoms with E-state index in [0.29, 0.717) is 6.54 Å². The van der Waals surface area contributed by atoms with E-state index in [9.17, 15) is 9.59 Å². The van der Waals surface area contributed by atoms with Crippen molar-refractivity contribution in [1.29, 1.82) is 0 Å². The molecule has 6 heteroatoms. The first kappa shape index (κ1) is 12.3. The fourth-order valence-electron chi connectivity index (χ4n) is 1.45. The van der Waals surface area contributed by atoms with Crippen LogP contribution in [0.2, 0.25) is 0 Å². The predicted octanol–water partition coefficient (Wildman–Crippen LogP) is 1.45. The average Bonchev–Trinajstić information content (AvgIpc) is 2.77. The standard InChI is InChI=1S/C12H10N2O3S/c15-11(16)3-2-9-4-7-18-10(9)8-14-6-1-5-13-12(14)17/h1-7H,8H2,(H,15,16). The summed E-state index contributed by atoms with van der Waals surface area (Å²) in [5, 5.41) is 10.4. The zero-order chi connectivity index (χ0) is 13.0. The monoisotopic (exact) mass is 262 g/mol. The van der Waals surface area contributed by atoms with Gasteiger partial charge in [0.05, 0.1) is 6.54 Å². The largest absolute Gasteiger partial charge is 0.478 e. The molecule has 0 bridgehead atoms. The van der Waals surface area contributed by atoms with Crippen LogP contribution in [0.1, 0.15) is 10.4 Å². The van der Waals surface area contributed by atoms with E-state index >= 15 is 0 Å². The number of carboxylic acids is 1. The number of nitrogens with zero attached hydrogens (tertiary/aromatic N) is 2. The Bertz CT molecular complexity index is 643. The molecule has 0 amide bonds. The van der Waals surface area contributed by atoms with Crippen molar-refractivity contribution in [3.05, 3.63) is 56.9 Å². The highest BCUT2D eigenvalue weighted by atomic mass is 32.1. The van der Waals surface area contributed by atoms with Gasteiger partial charge in [-0.3, -0.25) is 4.57 Å². The van der Waals surface area contributed by atoms with Gasteiger partial charge in [0.1, 0.15) is 0 Å². The summed E-state index contributed by atoms with van der Waals surface area (Å²) in [6.45, 7) is 0.392. The normalized spacial score (nSPS) is 10.9. The molecule has 0 aliphatic carbocycles. The number of aromatic nitrogens is 2. The van der Waals surface area contributed by atoms with Crippen molar-refractivity contribution in [2.24, 2.45) is 0 Å². The molecule has 0 spiro atoms. The Kier molecular flexibility index (Phi) is 3.69. The van der Waals surface area contributed by atoms with E-state index in [1.165, 1.54) is 28.2 Å². The maximum Gasteiger partial charge on any atom is 0.347 e. The van der Waals surface area contributed by atoms with Crippen LogP contribution < -0.4 is 5.69 Å². The lowest BCUT2D eigenvalue weighted by Gasteiger charge is -2.03. The van der Waals surface area contributed by atoms with E-state index < -0.39 is 5.97 Å². The molecular weight excluding hydrogens is 252 g/mol. The van der Waals surface area contributed by atoms with Crippen LogP contribution in [-0.2, 0) is 11.3 Å². The molecule has 92 valence electrons. The Morgan fingerprint density at radius 3 is 3.11 bits per heavy atom. The van der Waals surface area contributed by atoms with Crippen molar-refractivity contribution in [1.82, 2.24) is 9.55 Å². The first-order valence-corrected chi connectivity index (χ1v) is 6.03. The van der Waals surface area contributed by atoms with Crippen LogP contribution in [0.25, 0.3) is 6.08 Å². The van der Waals surface area contributed by atoms with Gasteiger partial charge in [0.2, 0.25) is 0 Å². The minimum absolute atomic E-state index is 0.320. The minimum Gasteiger partial charge on any atom is -0.478 e. The molecular formula is C12H10N2O3S. The van der Waals surface area contributed by atoms with E-state index in [4.69, 9.17) is 5.11 Å². The highest BCUT2D eigenvalue weighted by Gasteiger charge is 2.04. The Balaban J connectivity index is 2.26. The van der Waals surface area contributed by atoms with Crippen molar-refractivity contribution >= 4 is 23.4 Å². The smallest absolute Gasteiger partial charge is 0.347 e. The lowest BCUT2D eigenvalue weighted by molar-refractivity contribution is -0.131. The highest BCUT2D eigenvalue weighted by Crippen LogP contribution is 2.19. The summed E-state index contributed by atoms with van der Waals surface area (Å²) in [6, 6.07) is 3.50. The number of thiophene rings is 1. The van der Waals surface area contributed by atoms with E-state index in [0.717, 1.165) is 16.5 Å². The van der Waals surface area contributed by atoms with Crippen LogP contribution in [0.5, 0.6) is 0 Å². The number of hydrogen-bond donors (Lipinski definition) is 1. The molecule has 0 saturated heterocycles. The average molecular weight is 262 g/mol. The summed E-state index contributed by atoms with van der Waals surface area (Å²) in [5.41, 5.74) is 0.484. The molecule has 0 saturated carbocycles. The van der Waals surface area contributed by atoms with Crippen LogP contribution in [0.3, 0.4) is 0 Å². The maximum atomic E-state index is 11.5. The van der Waals surface area contributed by atoms with Crippen LogP contribution in [0.15, 0.2) is 40.8 Å². The molecule has 2 rings (SSSR count). The third-order valence-electron chi connectivity index (χ3n) is 2.28. The van der Waals surface area contributed by atoms with Gasteiger partial charge < -0.3 is 5.11 Å². The molecule has 0 aliphatic heterocycles. The Morgan fingerprint density at radius 2 is 2.39 bits per heavy atom. The van der Waals surface area contributed by atoms with E-state index in [2.05, 4.69) is 4.98 Å². The highest BCUT2D eigenvalue weighted by molar-refractivity contribution is 7.10. The molecule has 0 atom stereocenters. The van der Waals surface area contributed by atoms with Crippen molar-refractivity contribution in [3.63, 3.8) is 0 Å². The summed E-state index contributed by atoms with van der Waals surface area (Å²) in [5.74, 6) is -0.995. The molecule has 2 aromatic rings. The lowest BCUT2D eigenvalue weighted by atomic mass is 10.2. The number of hydrogen-bond acceptors (Lipinski definition) is 4. The van der Waals surface area contributed by atoms with Gasteiger partial charge >= 0.3 is 11.7 Å². The molecule has 0 fully saturated rings. The summed E-state index contributed by atoms with van der Waals surface area (Å²) in [6.07, 6.45) is 5.70. The van der Waals surface area contributed by atoms with E-state index in [1.807, 2.05) is 11.4 Å². The topological polar surface area (TPSA) is 72.2 Å². The van der Waals surface area contributed by atoms with Gasteiger partial charge in [0.15, 0.2) is 0 Å². The Morgan fingerprint density at radius 1 is 1.56 bits per heavy atom. The summed E-state index contributed by atoms with van der Waals surface area (Å²) >= 11 is 1.47. The molecule has 18 heavy (non-hydrogen) atoms. The molecule has 0 aliphatic rings. The van der Waals surface area contributed by atoms with Crippen LogP contribution in [-0.4, -0.2) is 20.6 Å². The van der Waals surface area contributed by atoms with E-state index in [-0.39, 0.29) is 5.69 Å². The first-order chi connectivity index (χ1) is 8.66. The third-order valence-corrected chi connectivity index (χ3v) is 3.20. The lowest BCUT2D eigenvalue weighted by Crippen LogP contribution is -2.21. The number of rotatable bonds is 4. The Hall–Kier alpha value is -2.21. The van der Waals surface area contributed by atoms with Gasteiger partial charge in [-0.05, 0) is 29.2 Å². The van der Waals surface area contributed by atoms with Gasteiger partial charge in [-0.2, -0.15) is 0 Å². The van der Waals surface area contributed by atoms with Gasteiger partial charge in [0, 0.05) is 23.3 Å². The molecule has 1 N–H and O–H groups in total. The van der Waals surface area contributed by atoms with Gasteiger partial charge in [-0.25, -0.2) is 14.6 Å². The van der Waals surface area contributed by atoms with Gasteiger partial charge in [-0.15, -0.1) is 11.3 Å². The van der Waals surface area contributed by atoms with Crippen LogP contribution in [0.4, 0.5) is 0 Å².